The highest BCUT2D eigenvalue weighted by Crippen LogP contribution is 2.27. The van der Waals surface area contributed by atoms with Crippen LogP contribution in [-0.4, -0.2) is 32.0 Å². The lowest BCUT2D eigenvalue weighted by molar-refractivity contribution is 0.251. The van der Waals surface area contributed by atoms with Gasteiger partial charge in [0.25, 0.3) is 0 Å². The van der Waals surface area contributed by atoms with Crippen molar-refractivity contribution in [2.75, 3.05) is 16.8 Å². The van der Waals surface area contributed by atoms with Crippen LogP contribution < -0.4 is 10.6 Å². The summed E-state index contributed by atoms with van der Waals surface area (Å²) in [4.78, 5) is 12.9. The van der Waals surface area contributed by atoms with Gasteiger partial charge in [-0.2, -0.15) is 0 Å². The van der Waals surface area contributed by atoms with Crippen molar-refractivity contribution in [2.24, 2.45) is 0 Å². The van der Waals surface area contributed by atoms with Gasteiger partial charge in [0.15, 0.2) is 9.84 Å². The van der Waals surface area contributed by atoms with Gasteiger partial charge in [-0.25, -0.2) is 13.2 Å². The van der Waals surface area contributed by atoms with Crippen molar-refractivity contribution in [3.8, 4) is 0 Å². The Morgan fingerprint density at radius 1 is 1.38 bits per heavy atom. The fourth-order valence-electron chi connectivity index (χ4n) is 1.90. The van der Waals surface area contributed by atoms with E-state index in [2.05, 4.69) is 17.6 Å². The second kappa shape index (κ2) is 7.00. The molecule has 0 aromatic heterocycles. The molecule has 1 aliphatic heterocycles. The third-order valence-electron chi connectivity index (χ3n) is 2.84. The first-order chi connectivity index (χ1) is 10.00. The lowest BCUT2D eigenvalue weighted by Crippen LogP contribution is -2.38. The smallest absolute Gasteiger partial charge is 0.319 e. The van der Waals surface area contributed by atoms with Crippen LogP contribution in [0.4, 0.5) is 10.5 Å². The highest BCUT2D eigenvalue weighted by molar-refractivity contribution is 7.99. The molecular weight excluding hydrogens is 308 g/mol. The molecule has 21 heavy (non-hydrogen) atoms. The number of carbonyl (C=O) groups is 1. The Morgan fingerprint density at radius 2 is 2.14 bits per heavy atom. The van der Waals surface area contributed by atoms with E-state index in [0.717, 1.165) is 28.2 Å². The predicted octanol–water partition coefficient (Wildman–Crippen LogP) is 2.62. The minimum absolute atomic E-state index is 0.0767. The Hall–Kier alpha value is -1.47. The van der Waals surface area contributed by atoms with E-state index in [1.54, 1.807) is 11.8 Å². The Balaban J connectivity index is 1.95. The largest absolute Gasteiger partial charge is 0.331 e. The Kier molecular flexibility index (Phi) is 5.30. The summed E-state index contributed by atoms with van der Waals surface area (Å²) in [6, 6.07) is 6.70. The van der Waals surface area contributed by atoms with Crippen molar-refractivity contribution in [1.29, 1.82) is 0 Å². The summed E-state index contributed by atoms with van der Waals surface area (Å²) in [5.41, 5.74) is 0.735. The molecule has 2 amide bonds. The van der Waals surface area contributed by atoms with Crippen molar-refractivity contribution < 1.29 is 13.2 Å². The maximum absolute atomic E-state index is 11.9. The molecule has 1 atom stereocenters. The Morgan fingerprint density at radius 3 is 2.81 bits per heavy atom. The number of anilines is 1. The number of thioether (sulfide) groups is 1. The molecule has 5 nitrogen and oxygen atoms in total. The standard InChI is InChI=1S/C14H18N2O3S2/c1-2-8-20-13-6-4-3-5-12(13)16-14(17)15-11-7-9-21(18,19)10-11/h3-7,9,11H,2,8,10H2,1H3,(H2,15,16,17). The normalized spacial score (nSPS) is 19.4. The average molecular weight is 326 g/mol. The molecule has 114 valence electrons. The first-order valence-corrected chi connectivity index (χ1v) is 9.40. The Labute approximate surface area is 129 Å². The van der Waals surface area contributed by atoms with Gasteiger partial charge in [-0.05, 0) is 30.4 Å². The number of carbonyl (C=O) groups excluding carboxylic acids is 1. The molecule has 0 bridgehead atoms. The van der Waals surface area contributed by atoms with Crippen LogP contribution in [0.15, 0.2) is 40.6 Å². The molecule has 1 unspecified atom stereocenters. The second-order valence-electron chi connectivity index (χ2n) is 4.71. The van der Waals surface area contributed by atoms with Gasteiger partial charge in [-0.15, -0.1) is 11.8 Å². The first-order valence-electron chi connectivity index (χ1n) is 6.70. The second-order valence-corrected chi connectivity index (χ2v) is 7.78. The fraction of sp³-hybridized carbons (Fsp3) is 0.357. The van der Waals surface area contributed by atoms with Crippen LogP contribution in [0.25, 0.3) is 0 Å². The number of benzene rings is 1. The zero-order valence-electron chi connectivity index (χ0n) is 11.7. The van der Waals surface area contributed by atoms with Gasteiger partial charge in [0.1, 0.15) is 0 Å². The molecular formula is C14H18N2O3S2. The first kappa shape index (κ1) is 15.9. The van der Waals surface area contributed by atoms with Gasteiger partial charge in [-0.1, -0.05) is 19.1 Å². The number of urea groups is 1. The molecule has 2 N–H and O–H groups in total. The average Bonchev–Trinajstić information content (AvgIpc) is 2.76. The van der Waals surface area contributed by atoms with Crippen LogP contribution in [-0.2, 0) is 9.84 Å². The van der Waals surface area contributed by atoms with Crippen molar-refractivity contribution in [3.63, 3.8) is 0 Å². The molecule has 1 aromatic rings. The number of para-hydroxylation sites is 1. The molecule has 0 aliphatic carbocycles. The summed E-state index contributed by atoms with van der Waals surface area (Å²) in [6.45, 7) is 2.10. The number of amides is 2. The number of rotatable bonds is 5. The van der Waals surface area contributed by atoms with E-state index >= 15 is 0 Å². The van der Waals surface area contributed by atoms with Gasteiger partial charge in [0, 0.05) is 10.3 Å². The maximum atomic E-state index is 11.9. The highest BCUT2D eigenvalue weighted by Gasteiger charge is 2.23. The van der Waals surface area contributed by atoms with Gasteiger partial charge in [-0.3, -0.25) is 0 Å². The number of sulfone groups is 1. The third-order valence-corrected chi connectivity index (χ3v) is 5.52. The van der Waals surface area contributed by atoms with Gasteiger partial charge in [0.2, 0.25) is 0 Å². The van der Waals surface area contributed by atoms with Gasteiger partial charge in [0.05, 0.1) is 17.5 Å². The minimum atomic E-state index is -3.16. The van der Waals surface area contributed by atoms with Crippen LogP contribution in [0.5, 0.6) is 0 Å². The summed E-state index contributed by atoms with van der Waals surface area (Å²) in [5, 5.41) is 6.56. The molecule has 0 saturated carbocycles. The highest BCUT2D eigenvalue weighted by atomic mass is 32.2. The lowest BCUT2D eigenvalue weighted by atomic mass is 10.3. The minimum Gasteiger partial charge on any atom is -0.331 e. The van der Waals surface area contributed by atoms with Crippen molar-refractivity contribution in [3.05, 3.63) is 35.7 Å². The number of nitrogens with one attached hydrogen (secondary N) is 2. The predicted molar refractivity (Wildman–Crippen MR) is 86.3 cm³/mol. The van der Waals surface area contributed by atoms with E-state index in [-0.39, 0.29) is 5.75 Å². The van der Waals surface area contributed by atoms with E-state index in [1.165, 1.54) is 6.08 Å². The van der Waals surface area contributed by atoms with Crippen molar-refractivity contribution >= 4 is 33.3 Å². The molecule has 0 radical (unpaired) electrons. The van der Waals surface area contributed by atoms with Gasteiger partial charge < -0.3 is 10.6 Å². The van der Waals surface area contributed by atoms with Crippen molar-refractivity contribution in [1.82, 2.24) is 5.32 Å². The molecule has 0 saturated heterocycles. The molecule has 0 spiro atoms. The third kappa shape index (κ3) is 4.78. The molecule has 2 rings (SSSR count). The number of hydrogen-bond acceptors (Lipinski definition) is 4. The quantitative estimate of drug-likeness (QED) is 0.816. The molecule has 1 heterocycles. The summed E-state index contributed by atoms with van der Waals surface area (Å²) in [7, 11) is -3.16. The van der Waals surface area contributed by atoms with E-state index < -0.39 is 21.9 Å². The van der Waals surface area contributed by atoms with Crippen LogP contribution in [0, 0.1) is 0 Å². The van der Waals surface area contributed by atoms with Crippen LogP contribution >= 0.6 is 11.8 Å². The summed E-state index contributed by atoms with van der Waals surface area (Å²) in [6.07, 6.45) is 2.54. The summed E-state index contributed by atoms with van der Waals surface area (Å²) < 4.78 is 22.6. The zero-order valence-corrected chi connectivity index (χ0v) is 13.3. The van der Waals surface area contributed by atoms with E-state index in [1.807, 2.05) is 24.3 Å². The van der Waals surface area contributed by atoms with E-state index in [0.29, 0.717) is 0 Å². The van der Waals surface area contributed by atoms with Crippen LogP contribution in [0.1, 0.15) is 13.3 Å². The van der Waals surface area contributed by atoms with Crippen molar-refractivity contribution in [2.45, 2.75) is 24.3 Å². The molecule has 0 fully saturated rings. The zero-order chi connectivity index (χ0) is 15.3. The summed E-state index contributed by atoms with van der Waals surface area (Å²) in [5.74, 6) is 0.899. The van der Waals surface area contributed by atoms with Crippen LogP contribution in [0.2, 0.25) is 0 Å². The van der Waals surface area contributed by atoms with E-state index in [9.17, 15) is 13.2 Å². The fourth-order valence-corrected chi connectivity index (χ4v) is 4.01. The lowest BCUT2D eigenvalue weighted by Gasteiger charge is -2.13. The molecule has 1 aromatic carbocycles. The SMILES string of the molecule is CCCSc1ccccc1NC(=O)NC1C=CS(=O)(=O)C1. The molecule has 1 aliphatic rings. The maximum Gasteiger partial charge on any atom is 0.319 e. The Bertz CT molecular complexity index is 641. The molecule has 7 heteroatoms. The van der Waals surface area contributed by atoms with Crippen LogP contribution in [0.3, 0.4) is 0 Å². The summed E-state index contributed by atoms with van der Waals surface area (Å²) >= 11 is 1.68. The van der Waals surface area contributed by atoms with Gasteiger partial charge >= 0.3 is 6.03 Å². The number of hydrogen-bond donors (Lipinski definition) is 2. The monoisotopic (exact) mass is 326 g/mol. The van der Waals surface area contributed by atoms with E-state index in [4.69, 9.17) is 0 Å². The topological polar surface area (TPSA) is 75.3 Å².